The summed E-state index contributed by atoms with van der Waals surface area (Å²) < 4.78 is 27.8. The lowest BCUT2D eigenvalue weighted by molar-refractivity contribution is -0.0498. The SMILES string of the molecule is CCN(C(=O)O)c1ccc(OC(F)F)cc1. The summed E-state index contributed by atoms with van der Waals surface area (Å²) >= 11 is 0. The fourth-order valence-electron chi connectivity index (χ4n) is 1.24. The van der Waals surface area contributed by atoms with Gasteiger partial charge in [0.2, 0.25) is 0 Å². The fraction of sp³-hybridized carbons (Fsp3) is 0.300. The largest absolute Gasteiger partial charge is 0.465 e. The van der Waals surface area contributed by atoms with Crippen LogP contribution in [-0.2, 0) is 0 Å². The minimum Gasteiger partial charge on any atom is -0.465 e. The van der Waals surface area contributed by atoms with Crippen LogP contribution < -0.4 is 9.64 Å². The van der Waals surface area contributed by atoms with E-state index in [0.717, 1.165) is 4.90 Å². The molecule has 1 N–H and O–H groups in total. The summed E-state index contributed by atoms with van der Waals surface area (Å²) in [5, 5.41) is 8.82. The van der Waals surface area contributed by atoms with E-state index in [9.17, 15) is 13.6 Å². The summed E-state index contributed by atoms with van der Waals surface area (Å²) in [6.07, 6.45) is -1.09. The number of alkyl halides is 2. The van der Waals surface area contributed by atoms with E-state index < -0.39 is 12.7 Å². The molecule has 0 unspecified atom stereocenters. The Morgan fingerprint density at radius 2 is 2.00 bits per heavy atom. The van der Waals surface area contributed by atoms with E-state index in [1.54, 1.807) is 6.92 Å². The van der Waals surface area contributed by atoms with Gasteiger partial charge in [0.05, 0.1) is 0 Å². The van der Waals surface area contributed by atoms with E-state index in [2.05, 4.69) is 4.74 Å². The van der Waals surface area contributed by atoms with E-state index in [1.807, 2.05) is 0 Å². The summed E-state index contributed by atoms with van der Waals surface area (Å²) in [5.41, 5.74) is 0.414. The van der Waals surface area contributed by atoms with Gasteiger partial charge in [0, 0.05) is 12.2 Å². The Bertz CT molecular complexity index is 354. The first-order valence-electron chi connectivity index (χ1n) is 4.60. The van der Waals surface area contributed by atoms with Crippen LogP contribution in [0.15, 0.2) is 24.3 Å². The number of ether oxygens (including phenoxy) is 1. The van der Waals surface area contributed by atoms with Crippen LogP contribution in [0.4, 0.5) is 19.3 Å². The second kappa shape index (κ2) is 5.29. The van der Waals surface area contributed by atoms with Gasteiger partial charge in [0.15, 0.2) is 0 Å². The zero-order chi connectivity index (χ0) is 12.1. The summed E-state index contributed by atoms with van der Waals surface area (Å²) in [5.74, 6) is 0.000178. The number of rotatable bonds is 4. The second-order valence-corrected chi connectivity index (χ2v) is 2.90. The van der Waals surface area contributed by atoms with Crippen molar-refractivity contribution in [1.29, 1.82) is 0 Å². The highest BCUT2D eigenvalue weighted by molar-refractivity contribution is 5.85. The summed E-state index contributed by atoms with van der Waals surface area (Å²) in [4.78, 5) is 11.9. The van der Waals surface area contributed by atoms with Crippen LogP contribution in [0.2, 0.25) is 0 Å². The molecular formula is C10H11F2NO3. The Kier molecular flexibility index (Phi) is 4.04. The number of carboxylic acid groups (broad SMARTS) is 1. The molecule has 0 heterocycles. The molecule has 6 heteroatoms. The van der Waals surface area contributed by atoms with Crippen molar-refractivity contribution in [3.63, 3.8) is 0 Å². The van der Waals surface area contributed by atoms with Crippen LogP contribution >= 0.6 is 0 Å². The van der Waals surface area contributed by atoms with Crippen LogP contribution in [0.3, 0.4) is 0 Å². The van der Waals surface area contributed by atoms with Crippen molar-refractivity contribution in [2.75, 3.05) is 11.4 Å². The van der Waals surface area contributed by atoms with Crippen LogP contribution in [0.5, 0.6) is 5.75 Å². The summed E-state index contributed by atoms with van der Waals surface area (Å²) in [6, 6.07) is 5.42. The zero-order valence-electron chi connectivity index (χ0n) is 8.56. The molecule has 0 aromatic heterocycles. The first-order chi connectivity index (χ1) is 7.54. The van der Waals surface area contributed by atoms with Gasteiger partial charge in [-0.05, 0) is 31.2 Å². The van der Waals surface area contributed by atoms with Crippen molar-refractivity contribution < 1.29 is 23.4 Å². The normalized spacial score (nSPS) is 10.2. The molecule has 0 aliphatic heterocycles. The average Bonchev–Trinajstić information content (AvgIpc) is 2.20. The van der Waals surface area contributed by atoms with E-state index in [1.165, 1.54) is 24.3 Å². The van der Waals surface area contributed by atoms with Crippen LogP contribution in [0.1, 0.15) is 6.92 Å². The molecule has 0 saturated carbocycles. The van der Waals surface area contributed by atoms with Crippen LogP contribution in [0, 0.1) is 0 Å². The molecule has 1 aromatic rings. The fourth-order valence-corrected chi connectivity index (χ4v) is 1.24. The Hall–Kier alpha value is -1.85. The van der Waals surface area contributed by atoms with Crippen molar-refractivity contribution in [2.45, 2.75) is 13.5 Å². The number of hydrogen-bond donors (Lipinski definition) is 1. The predicted molar refractivity (Wildman–Crippen MR) is 54.1 cm³/mol. The molecular weight excluding hydrogens is 220 g/mol. The molecule has 1 amide bonds. The van der Waals surface area contributed by atoms with Gasteiger partial charge in [-0.1, -0.05) is 0 Å². The molecule has 0 bridgehead atoms. The molecule has 0 saturated heterocycles. The standard InChI is InChI=1S/C10H11F2NO3/c1-2-13(10(14)15)7-3-5-8(6-4-7)16-9(11)12/h3-6,9H,2H2,1H3,(H,14,15). The van der Waals surface area contributed by atoms with Gasteiger partial charge in [0.25, 0.3) is 0 Å². The molecule has 16 heavy (non-hydrogen) atoms. The lowest BCUT2D eigenvalue weighted by Crippen LogP contribution is -2.28. The third-order valence-electron chi connectivity index (χ3n) is 1.92. The number of hydrogen-bond acceptors (Lipinski definition) is 2. The van der Waals surface area contributed by atoms with Crippen molar-refractivity contribution in [2.24, 2.45) is 0 Å². The highest BCUT2D eigenvalue weighted by Gasteiger charge is 2.12. The maximum absolute atomic E-state index is 11.8. The van der Waals surface area contributed by atoms with Gasteiger partial charge in [-0.15, -0.1) is 0 Å². The molecule has 1 aromatic carbocycles. The third-order valence-corrected chi connectivity index (χ3v) is 1.92. The zero-order valence-corrected chi connectivity index (χ0v) is 8.56. The molecule has 0 aliphatic carbocycles. The van der Waals surface area contributed by atoms with Gasteiger partial charge in [-0.3, -0.25) is 4.90 Å². The maximum Gasteiger partial charge on any atom is 0.411 e. The number of anilines is 1. The van der Waals surface area contributed by atoms with E-state index in [0.29, 0.717) is 5.69 Å². The summed E-state index contributed by atoms with van der Waals surface area (Å²) in [6.45, 7) is -0.921. The minimum atomic E-state index is -2.88. The van der Waals surface area contributed by atoms with Gasteiger partial charge < -0.3 is 9.84 Å². The Balaban J connectivity index is 2.81. The van der Waals surface area contributed by atoms with Crippen molar-refractivity contribution in [3.05, 3.63) is 24.3 Å². The number of carbonyl (C=O) groups is 1. The molecule has 0 spiro atoms. The average molecular weight is 231 g/mol. The lowest BCUT2D eigenvalue weighted by atomic mass is 10.3. The first-order valence-corrected chi connectivity index (χ1v) is 4.60. The van der Waals surface area contributed by atoms with Gasteiger partial charge >= 0.3 is 12.7 Å². The second-order valence-electron chi connectivity index (χ2n) is 2.90. The third kappa shape index (κ3) is 3.08. The van der Waals surface area contributed by atoms with Crippen LogP contribution in [-0.4, -0.2) is 24.4 Å². The molecule has 88 valence electrons. The van der Waals surface area contributed by atoms with Crippen LogP contribution in [0.25, 0.3) is 0 Å². The Morgan fingerprint density at radius 3 is 2.38 bits per heavy atom. The smallest absolute Gasteiger partial charge is 0.411 e. The molecule has 0 fully saturated rings. The minimum absolute atomic E-state index is 0.000178. The Labute approximate surface area is 91.1 Å². The topological polar surface area (TPSA) is 49.8 Å². The predicted octanol–water partition coefficient (Wildman–Crippen LogP) is 2.79. The number of amides is 1. The first kappa shape index (κ1) is 12.2. The summed E-state index contributed by atoms with van der Waals surface area (Å²) in [7, 11) is 0. The van der Waals surface area contributed by atoms with Gasteiger partial charge in [-0.25, -0.2) is 4.79 Å². The number of halogens is 2. The molecule has 0 atom stereocenters. The van der Waals surface area contributed by atoms with E-state index in [4.69, 9.17) is 5.11 Å². The number of nitrogens with zero attached hydrogens (tertiary/aromatic N) is 1. The van der Waals surface area contributed by atoms with Crippen molar-refractivity contribution >= 4 is 11.8 Å². The highest BCUT2D eigenvalue weighted by atomic mass is 19.3. The van der Waals surface area contributed by atoms with Gasteiger partial charge in [0.1, 0.15) is 5.75 Å². The molecule has 0 aliphatic rings. The number of benzene rings is 1. The van der Waals surface area contributed by atoms with E-state index in [-0.39, 0.29) is 12.3 Å². The molecule has 0 radical (unpaired) electrons. The van der Waals surface area contributed by atoms with Crippen molar-refractivity contribution in [3.8, 4) is 5.75 Å². The van der Waals surface area contributed by atoms with E-state index >= 15 is 0 Å². The van der Waals surface area contributed by atoms with Gasteiger partial charge in [-0.2, -0.15) is 8.78 Å². The molecule has 4 nitrogen and oxygen atoms in total. The lowest BCUT2D eigenvalue weighted by Gasteiger charge is -2.17. The molecule has 1 rings (SSSR count). The monoisotopic (exact) mass is 231 g/mol. The maximum atomic E-state index is 11.8. The highest BCUT2D eigenvalue weighted by Crippen LogP contribution is 2.20. The van der Waals surface area contributed by atoms with Crippen molar-refractivity contribution in [1.82, 2.24) is 0 Å². The quantitative estimate of drug-likeness (QED) is 0.866. The Morgan fingerprint density at radius 1 is 1.44 bits per heavy atom.